The van der Waals surface area contributed by atoms with Crippen molar-refractivity contribution in [1.29, 1.82) is 0 Å². The summed E-state index contributed by atoms with van der Waals surface area (Å²) in [6.07, 6.45) is 17.2. The molecular weight excluding hydrogens is 1020 g/mol. The van der Waals surface area contributed by atoms with Crippen molar-refractivity contribution in [2.45, 2.75) is 89.9 Å². The molecule has 4 aromatic rings. The molecule has 0 aromatic heterocycles. The number of benzene rings is 4. The third-order valence-electron chi connectivity index (χ3n) is 14.3. The first kappa shape index (κ1) is 55.6. The Morgan fingerprint density at radius 2 is 1.26 bits per heavy atom. The molecule has 0 spiro atoms. The van der Waals surface area contributed by atoms with E-state index in [1.54, 1.807) is 79.4 Å². The SMILES string of the molecule is COc1cc2c(cc1OCCCOc1cc3c(cc1OC)C(=O)N1C=C(c4ccc(NC(=O)C(C)NC(=O)C(NC(=O)CCCCCN5C(=O)C=CC5=O)C(C)C)cc4)CC1C=N3)N=CC1CC(C=Cc3ccccc3)=CN1C2=O. The van der Waals surface area contributed by atoms with Gasteiger partial charge in [0.2, 0.25) is 17.7 Å². The monoisotopic (exact) mass is 1080 g/mol. The zero-order valence-electron chi connectivity index (χ0n) is 45.3. The zero-order valence-corrected chi connectivity index (χ0v) is 45.3. The van der Waals surface area contributed by atoms with E-state index in [1.165, 1.54) is 26.4 Å². The predicted octanol–water partition coefficient (Wildman–Crippen LogP) is 8.12. The van der Waals surface area contributed by atoms with Crippen molar-refractivity contribution in [3.8, 4) is 23.0 Å². The number of rotatable bonds is 23. The van der Waals surface area contributed by atoms with Crippen molar-refractivity contribution in [1.82, 2.24) is 25.3 Å². The quantitative estimate of drug-likeness (QED) is 0.0475. The van der Waals surface area contributed by atoms with Gasteiger partial charge in [-0.3, -0.25) is 48.4 Å². The molecule has 0 saturated carbocycles. The summed E-state index contributed by atoms with van der Waals surface area (Å²) in [6.45, 7) is 5.95. The van der Waals surface area contributed by atoms with Crippen LogP contribution in [0.15, 0.2) is 125 Å². The Labute approximate surface area is 464 Å². The van der Waals surface area contributed by atoms with Gasteiger partial charge in [0.25, 0.3) is 23.6 Å². The summed E-state index contributed by atoms with van der Waals surface area (Å²) in [7, 11) is 3.03. The minimum Gasteiger partial charge on any atom is -0.493 e. The fourth-order valence-electron chi connectivity index (χ4n) is 9.83. The second-order valence-corrected chi connectivity index (χ2v) is 20.3. The van der Waals surface area contributed by atoms with E-state index in [4.69, 9.17) is 28.9 Å². The molecule has 5 heterocycles. The van der Waals surface area contributed by atoms with Crippen LogP contribution in [-0.4, -0.2) is 127 Å². The van der Waals surface area contributed by atoms with E-state index in [-0.39, 0.29) is 73.7 Å². The molecule has 19 nitrogen and oxygen atoms in total. The lowest BCUT2D eigenvalue weighted by atomic mass is 10.0. The summed E-state index contributed by atoms with van der Waals surface area (Å²) in [6, 6.07) is 21.6. The Kier molecular flexibility index (Phi) is 17.5. The summed E-state index contributed by atoms with van der Waals surface area (Å²) < 4.78 is 23.7. The molecule has 9 rings (SSSR count). The molecule has 3 N–H and O–H groups in total. The van der Waals surface area contributed by atoms with Crippen LogP contribution in [0.5, 0.6) is 23.0 Å². The maximum absolute atomic E-state index is 14.1. The molecule has 0 bridgehead atoms. The highest BCUT2D eigenvalue weighted by atomic mass is 16.5. The van der Waals surface area contributed by atoms with E-state index in [2.05, 4.69) is 16.0 Å². The third-order valence-corrected chi connectivity index (χ3v) is 14.3. The van der Waals surface area contributed by atoms with Gasteiger partial charge in [0.1, 0.15) is 12.1 Å². The number of allylic oxidation sites excluding steroid dienone is 1. The summed E-state index contributed by atoms with van der Waals surface area (Å²) in [5, 5.41) is 8.34. The molecule has 80 heavy (non-hydrogen) atoms. The third kappa shape index (κ3) is 12.9. The molecule has 414 valence electrons. The van der Waals surface area contributed by atoms with E-state index >= 15 is 0 Å². The van der Waals surface area contributed by atoms with Gasteiger partial charge in [-0.2, -0.15) is 0 Å². The van der Waals surface area contributed by atoms with Crippen LogP contribution >= 0.6 is 0 Å². The van der Waals surface area contributed by atoms with Crippen LogP contribution in [0.2, 0.25) is 0 Å². The molecule has 4 atom stereocenters. The van der Waals surface area contributed by atoms with Crippen molar-refractivity contribution < 1.29 is 52.5 Å². The number of hydrogen-bond donors (Lipinski definition) is 3. The van der Waals surface area contributed by atoms with Gasteiger partial charge in [-0.25, -0.2) is 0 Å². The number of methoxy groups -OCH3 is 2. The fourth-order valence-corrected chi connectivity index (χ4v) is 9.83. The van der Waals surface area contributed by atoms with Gasteiger partial charge in [-0.05, 0) is 78.6 Å². The van der Waals surface area contributed by atoms with Crippen LogP contribution in [0.25, 0.3) is 11.6 Å². The maximum atomic E-state index is 14.1. The van der Waals surface area contributed by atoms with Crippen molar-refractivity contribution in [2.24, 2.45) is 15.9 Å². The van der Waals surface area contributed by atoms with E-state index in [1.807, 2.05) is 67.0 Å². The molecule has 19 heteroatoms. The number of nitrogens with one attached hydrogen (secondary N) is 3. The smallest absolute Gasteiger partial charge is 0.260 e. The number of ether oxygens (including phenoxy) is 4. The fraction of sp³-hybridized carbons (Fsp3) is 0.328. The van der Waals surface area contributed by atoms with Crippen LogP contribution in [0.1, 0.15) is 97.6 Å². The minimum absolute atomic E-state index is 0.163. The van der Waals surface area contributed by atoms with Gasteiger partial charge in [-0.15, -0.1) is 0 Å². The van der Waals surface area contributed by atoms with Gasteiger partial charge in [0.15, 0.2) is 23.0 Å². The first-order valence-corrected chi connectivity index (χ1v) is 26.8. The first-order valence-electron chi connectivity index (χ1n) is 26.8. The molecular formula is C61H64N8O11. The standard InChI is InChI=1S/C61H64N8O11/c1-37(2)57(66-54(70)15-10-7-11-24-67-55(71)22-23-56(67)72)59(74)64-38(3)58(73)65-43-20-18-41(19-21-43)42-28-45-34-63-49-32-53(51(78-5)30-47(49)61(76)69(45)36-42)80-26-12-25-79-52-31-48-46(29-50(52)77-4)60(75)68-35-40(27-44(68)33-62-48)17-16-39-13-8-6-9-14-39/h6,8-9,13-14,16-23,29-38,44-45,57H,7,10-12,15,24-28H2,1-5H3,(H,64,74)(H,65,73)(H,66,70). The number of amides is 7. The molecule has 5 aliphatic rings. The average Bonchev–Trinajstić information content (AvgIpc) is 4.15. The summed E-state index contributed by atoms with van der Waals surface area (Å²) in [5.41, 5.74) is 6.04. The Balaban J connectivity index is 0.736. The molecule has 5 aliphatic heterocycles. The van der Waals surface area contributed by atoms with Gasteiger partial charge in [0, 0.05) is 80.6 Å². The molecule has 0 fully saturated rings. The molecule has 4 unspecified atom stereocenters. The highest BCUT2D eigenvalue weighted by Gasteiger charge is 2.35. The van der Waals surface area contributed by atoms with Crippen LogP contribution in [-0.2, 0) is 24.0 Å². The number of fused-ring (bicyclic) bond motifs is 4. The lowest BCUT2D eigenvalue weighted by Crippen LogP contribution is -2.53. The van der Waals surface area contributed by atoms with E-state index in [0.29, 0.717) is 89.7 Å². The lowest BCUT2D eigenvalue weighted by Gasteiger charge is -2.24. The number of unbranched alkanes of at least 4 members (excludes halogenated alkanes) is 2. The van der Waals surface area contributed by atoms with Crippen molar-refractivity contribution in [3.05, 3.63) is 137 Å². The number of anilines is 1. The van der Waals surface area contributed by atoms with Gasteiger partial charge >= 0.3 is 0 Å². The highest BCUT2D eigenvalue weighted by molar-refractivity contribution is 6.13. The highest BCUT2D eigenvalue weighted by Crippen LogP contribution is 2.41. The van der Waals surface area contributed by atoms with Crippen LogP contribution in [0, 0.1) is 5.92 Å². The summed E-state index contributed by atoms with van der Waals surface area (Å²) in [4.78, 5) is 105. The molecule has 7 amide bonds. The maximum Gasteiger partial charge on any atom is 0.260 e. The van der Waals surface area contributed by atoms with Gasteiger partial charge in [0.05, 0.1) is 62.0 Å². The molecule has 0 aliphatic carbocycles. The number of carbonyl (C=O) groups excluding carboxylic acids is 7. The topological polar surface area (TPSA) is 227 Å². The first-order chi connectivity index (χ1) is 38.7. The molecule has 4 aromatic carbocycles. The number of hydrogen-bond acceptors (Lipinski definition) is 13. The van der Waals surface area contributed by atoms with Gasteiger partial charge in [-0.1, -0.05) is 74.9 Å². The Morgan fingerprint density at radius 3 is 1.86 bits per heavy atom. The second-order valence-electron chi connectivity index (χ2n) is 20.3. The summed E-state index contributed by atoms with van der Waals surface area (Å²) in [5.74, 6) is -0.987. The van der Waals surface area contributed by atoms with E-state index in [0.717, 1.165) is 27.2 Å². The Bertz CT molecular complexity index is 3240. The normalized spacial score (nSPS) is 17.8. The van der Waals surface area contributed by atoms with E-state index < -0.39 is 23.9 Å². The Morgan fingerprint density at radius 1 is 0.662 bits per heavy atom. The van der Waals surface area contributed by atoms with Crippen LogP contribution < -0.4 is 34.9 Å². The van der Waals surface area contributed by atoms with E-state index in [9.17, 15) is 33.6 Å². The Hall–Kier alpha value is -9.13. The summed E-state index contributed by atoms with van der Waals surface area (Å²) >= 11 is 0. The largest absolute Gasteiger partial charge is 0.493 e. The van der Waals surface area contributed by atoms with Crippen molar-refractivity contribution in [2.75, 3.05) is 39.3 Å². The molecule has 0 saturated heterocycles. The lowest BCUT2D eigenvalue weighted by molar-refractivity contribution is -0.137. The van der Waals surface area contributed by atoms with Crippen LogP contribution in [0.4, 0.5) is 17.1 Å². The predicted molar refractivity (Wildman–Crippen MR) is 302 cm³/mol. The van der Waals surface area contributed by atoms with Crippen molar-refractivity contribution >= 4 is 82.5 Å². The zero-order chi connectivity index (χ0) is 56.5. The van der Waals surface area contributed by atoms with Crippen LogP contribution in [0.3, 0.4) is 0 Å². The minimum atomic E-state index is -0.925. The second kappa shape index (κ2) is 25.1. The number of carbonyl (C=O) groups is 7. The van der Waals surface area contributed by atoms with Crippen molar-refractivity contribution in [3.63, 3.8) is 0 Å². The molecule has 0 radical (unpaired) electrons. The number of imide groups is 1. The number of aliphatic imine (C=N–C) groups is 2. The number of nitrogens with zero attached hydrogens (tertiary/aromatic N) is 5. The van der Waals surface area contributed by atoms with Gasteiger partial charge < -0.3 is 44.7 Å². The average molecular weight is 1090 g/mol.